The van der Waals surface area contributed by atoms with Gasteiger partial charge in [0.25, 0.3) is 0 Å². The van der Waals surface area contributed by atoms with Crippen LogP contribution in [0, 0.1) is 0 Å². The first-order chi connectivity index (χ1) is 5.28. The van der Waals surface area contributed by atoms with Gasteiger partial charge in [-0.2, -0.15) is 8.78 Å². The summed E-state index contributed by atoms with van der Waals surface area (Å²) in [5.74, 6) is -5.22. The first-order valence-corrected chi connectivity index (χ1v) is 2.92. The van der Waals surface area contributed by atoms with E-state index in [0.717, 1.165) is 6.92 Å². The summed E-state index contributed by atoms with van der Waals surface area (Å²) < 4.78 is 47.5. The summed E-state index contributed by atoms with van der Waals surface area (Å²) in [4.78, 5) is 10.2. The van der Waals surface area contributed by atoms with Gasteiger partial charge in [-0.05, 0) is 6.92 Å². The molecule has 0 aromatic carbocycles. The lowest BCUT2D eigenvalue weighted by Gasteiger charge is -2.14. The van der Waals surface area contributed by atoms with Gasteiger partial charge in [0.05, 0.1) is 5.70 Å². The van der Waals surface area contributed by atoms with Crippen LogP contribution in [0.1, 0.15) is 6.92 Å². The zero-order chi connectivity index (χ0) is 9.94. The molecule has 0 amide bonds. The predicted molar refractivity (Wildman–Crippen MR) is 33.9 cm³/mol. The highest BCUT2D eigenvalue weighted by atomic mass is 19.3. The molecule has 0 aliphatic heterocycles. The standard InChI is InChI=1S/C6H7F4NO/c1-3(12)2-4(11)6(9,10)5(7)8/h2,5H,11H2,1H3/b4-2-. The topological polar surface area (TPSA) is 43.1 Å². The van der Waals surface area contributed by atoms with Crippen LogP contribution in [0.5, 0.6) is 0 Å². The number of carbonyl (C=O) groups excluding carboxylic acids is 1. The molecule has 0 unspecified atom stereocenters. The number of hydrogen-bond acceptors (Lipinski definition) is 2. The van der Waals surface area contributed by atoms with Crippen LogP contribution >= 0.6 is 0 Å². The van der Waals surface area contributed by atoms with Crippen LogP contribution in [0.3, 0.4) is 0 Å². The van der Waals surface area contributed by atoms with Crippen LogP contribution in [-0.2, 0) is 4.79 Å². The third-order valence-electron chi connectivity index (χ3n) is 1.02. The second kappa shape index (κ2) is 3.55. The lowest BCUT2D eigenvalue weighted by atomic mass is 10.2. The van der Waals surface area contributed by atoms with Gasteiger partial charge in [-0.3, -0.25) is 4.79 Å². The average molecular weight is 185 g/mol. The van der Waals surface area contributed by atoms with Crippen molar-refractivity contribution in [1.82, 2.24) is 0 Å². The largest absolute Gasteiger partial charge is 0.397 e. The minimum absolute atomic E-state index is 0.284. The average Bonchev–Trinajstić information content (AvgIpc) is 1.85. The molecular weight excluding hydrogens is 178 g/mol. The Morgan fingerprint density at radius 2 is 1.92 bits per heavy atom. The van der Waals surface area contributed by atoms with Crippen molar-refractivity contribution < 1.29 is 22.4 Å². The Hall–Kier alpha value is -1.07. The van der Waals surface area contributed by atoms with Crippen molar-refractivity contribution in [1.29, 1.82) is 0 Å². The molecule has 12 heavy (non-hydrogen) atoms. The number of allylic oxidation sites excluding steroid dienone is 2. The maximum atomic E-state index is 12.2. The van der Waals surface area contributed by atoms with Gasteiger partial charge < -0.3 is 5.73 Å². The minimum Gasteiger partial charge on any atom is -0.397 e. The van der Waals surface area contributed by atoms with E-state index in [9.17, 15) is 22.4 Å². The van der Waals surface area contributed by atoms with Gasteiger partial charge in [-0.1, -0.05) is 0 Å². The summed E-state index contributed by atoms with van der Waals surface area (Å²) in [5, 5.41) is 0. The fourth-order valence-corrected chi connectivity index (χ4v) is 0.441. The molecule has 0 spiro atoms. The molecule has 0 aliphatic carbocycles. The van der Waals surface area contributed by atoms with E-state index < -0.39 is 23.8 Å². The highest BCUT2D eigenvalue weighted by molar-refractivity contribution is 5.88. The van der Waals surface area contributed by atoms with E-state index >= 15 is 0 Å². The molecule has 0 aromatic rings. The minimum atomic E-state index is -4.42. The van der Waals surface area contributed by atoms with E-state index in [1.807, 2.05) is 0 Å². The van der Waals surface area contributed by atoms with Crippen molar-refractivity contribution in [2.45, 2.75) is 19.3 Å². The Balaban J connectivity index is 4.67. The van der Waals surface area contributed by atoms with Crippen molar-refractivity contribution in [3.8, 4) is 0 Å². The second-order valence-corrected chi connectivity index (χ2v) is 2.13. The van der Waals surface area contributed by atoms with Crippen molar-refractivity contribution in [3.63, 3.8) is 0 Å². The summed E-state index contributed by atoms with van der Waals surface area (Å²) in [5.41, 5.74) is 3.15. The molecule has 0 heterocycles. The number of carbonyl (C=O) groups is 1. The lowest BCUT2D eigenvalue weighted by molar-refractivity contribution is -0.114. The zero-order valence-corrected chi connectivity index (χ0v) is 6.15. The normalized spacial score (nSPS) is 13.7. The number of hydrogen-bond donors (Lipinski definition) is 1. The van der Waals surface area contributed by atoms with Crippen LogP contribution in [0.4, 0.5) is 17.6 Å². The van der Waals surface area contributed by atoms with Gasteiger partial charge in [0.15, 0.2) is 5.78 Å². The number of nitrogens with two attached hydrogens (primary N) is 1. The van der Waals surface area contributed by atoms with Crippen molar-refractivity contribution in [2.24, 2.45) is 5.73 Å². The molecule has 0 saturated heterocycles. The predicted octanol–water partition coefficient (Wildman–Crippen LogP) is 1.32. The van der Waals surface area contributed by atoms with Gasteiger partial charge in [0, 0.05) is 6.08 Å². The van der Waals surface area contributed by atoms with Crippen LogP contribution < -0.4 is 5.73 Å². The molecule has 6 heteroatoms. The molecule has 0 atom stereocenters. The maximum Gasteiger partial charge on any atom is 0.346 e. The number of ketones is 1. The Morgan fingerprint density at radius 1 is 1.50 bits per heavy atom. The Labute approximate surface area is 66.0 Å². The number of alkyl halides is 4. The number of rotatable bonds is 3. The summed E-state index contributed by atoms with van der Waals surface area (Å²) in [7, 11) is 0. The van der Waals surface area contributed by atoms with Gasteiger partial charge in [-0.25, -0.2) is 8.78 Å². The molecule has 2 nitrogen and oxygen atoms in total. The van der Waals surface area contributed by atoms with Crippen LogP contribution in [0.2, 0.25) is 0 Å². The summed E-state index contributed by atoms with van der Waals surface area (Å²) in [6, 6.07) is 0. The van der Waals surface area contributed by atoms with E-state index in [4.69, 9.17) is 0 Å². The van der Waals surface area contributed by atoms with Crippen molar-refractivity contribution in [2.75, 3.05) is 0 Å². The molecule has 70 valence electrons. The Kier molecular flexibility index (Phi) is 3.24. The monoisotopic (exact) mass is 185 g/mol. The highest BCUT2D eigenvalue weighted by Crippen LogP contribution is 2.27. The summed E-state index contributed by atoms with van der Waals surface area (Å²) >= 11 is 0. The van der Waals surface area contributed by atoms with Crippen molar-refractivity contribution in [3.05, 3.63) is 11.8 Å². The third-order valence-corrected chi connectivity index (χ3v) is 1.02. The maximum absolute atomic E-state index is 12.2. The smallest absolute Gasteiger partial charge is 0.346 e. The zero-order valence-electron chi connectivity index (χ0n) is 6.15. The molecule has 0 bridgehead atoms. The fraction of sp³-hybridized carbons (Fsp3) is 0.500. The molecule has 2 N–H and O–H groups in total. The van der Waals surface area contributed by atoms with Gasteiger partial charge >= 0.3 is 12.3 Å². The van der Waals surface area contributed by atoms with E-state index in [0.29, 0.717) is 0 Å². The van der Waals surface area contributed by atoms with Gasteiger partial charge in [0.1, 0.15) is 0 Å². The molecule has 0 radical (unpaired) electrons. The molecule has 0 aromatic heterocycles. The summed E-state index contributed by atoms with van der Waals surface area (Å²) in [6.07, 6.45) is -3.61. The second-order valence-electron chi connectivity index (χ2n) is 2.13. The Morgan fingerprint density at radius 3 is 2.17 bits per heavy atom. The van der Waals surface area contributed by atoms with Gasteiger partial charge in [0.2, 0.25) is 0 Å². The molecule has 0 aliphatic rings. The summed E-state index contributed by atoms with van der Waals surface area (Å²) in [6.45, 7) is 0.939. The fourth-order valence-electron chi connectivity index (χ4n) is 0.441. The van der Waals surface area contributed by atoms with Crippen LogP contribution in [0.15, 0.2) is 11.8 Å². The first kappa shape index (κ1) is 10.9. The number of halogens is 4. The molecule has 0 rings (SSSR count). The highest BCUT2D eigenvalue weighted by Gasteiger charge is 2.43. The third kappa shape index (κ3) is 2.52. The molecule has 0 saturated carbocycles. The molecular formula is C6H7F4NO. The first-order valence-electron chi connectivity index (χ1n) is 2.92. The molecule has 0 fully saturated rings. The van der Waals surface area contributed by atoms with Crippen LogP contribution in [-0.4, -0.2) is 18.1 Å². The van der Waals surface area contributed by atoms with Crippen molar-refractivity contribution >= 4 is 5.78 Å². The van der Waals surface area contributed by atoms with Crippen LogP contribution in [0.25, 0.3) is 0 Å². The van der Waals surface area contributed by atoms with E-state index in [2.05, 4.69) is 5.73 Å². The van der Waals surface area contributed by atoms with Gasteiger partial charge in [-0.15, -0.1) is 0 Å². The van der Waals surface area contributed by atoms with E-state index in [1.165, 1.54) is 0 Å². The Bertz CT molecular complexity index is 212. The lowest BCUT2D eigenvalue weighted by Crippen LogP contribution is -2.33. The SMILES string of the molecule is CC(=O)/C=C(\N)C(F)(F)C(F)F. The van der Waals surface area contributed by atoms with E-state index in [-0.39, 0.29) is 6.08 Å². The van der Waals surface area contributed by atoms with E-state index in [1.54, 1.807) is 0 Å². The quantitative estimate of drug-likeness (QED) is 0.532.